The third kappa shape index (κ3) is 4.28. The van der Waals surface area contributed by atoms with E-state index in [-0.39, 0.29) is 0 Å². The van der Waals surface area contributed by atoms with Gasteiger partial charge >= 0.3 is 12.3 Å². The molecule has 0 saturated carbocycles. The molecule has 0 radical (unpaired) electrons. The Labute approximate surface area is 92.5 Å². The highest BCUT2D eigenvalue weighted by Crippen LogP contribution is 2.22. The number of ether oxygens (including phenoxy) is 1. The average Bonchev–Trinajstić information content (AvgIpc) is 2.62. The van der Waals surface area contributed by atoms with Gasteiger partial charge in [-0.1, -0.05) is 13.3 Å². The molecule has 0 aromatic carbocycles. The van der Waals surface area contributed by atoms with Crippen LogP contribution in [0.25, 0.3) is 0 Å². The first-order chi connectivity index (χ1) is 7.42. The second-order valence-electron chi connectivity index (χ2n) is 4.06. The van der Waals surface area contributed by atoms with E-state index < -0.39 is 18.9 Å². The Morgan fingerprint density at radius 1 is 1.50 bits per heavy atom. The Morgan fingerprint density at radius 3 is 2.75 bits per heavy atom. The van der Waals surface area contributed by atoms with E-state index in [0.29, 0.717) is 19.0 Å². The zero-order valence-corrected chi connectivity index (χ0v) is 9.22. The molecule has 0 N–H and O–H groups in total. The number of hydrogen-bond donors (Lipinski definition) is 0. The minimum absolute atomic E-state index is 0.406. The van der Waals surface area contributed by atoms with E-state index in [1.165, 1.54) is 4.90 Å². The van der Waals surface area contributed by atoms with Crippen LogP contribution in [0.5, 0.6) is 0 Å². The highest BCUT2D eigenvalue weighted by atomic mass is 19.4. The van der Waals surface area contributed by atoms with Gasteiger partial charge in [-0.3, -0.25) is 0 Å². The monoisotopic (exact) mass is 239 g/mol. The van der Waals surface area contributed by atoms with Gasteiger partial charge in [0.2, 0.25) is 0 Å². The number of carbonyl (C=O) groups is 1. The summed E-state index contributed by atoms with van der Waals surface area (Å²) in [4.78, 5) is 12.6. The Morgan fingerprint density at radius 2 is 2.19 bits per heavy atom. The number of amides is 1. The number of alkyl halides is 3. The molecule has 1 aliphatic heterocycles. The molecule has 94 valence electrons. The maximum atomic E-state index is 11.8. The second kappa shape index (κ2) is 5.41. The van der Waals surface area contributed by atoms with Crippen LogP contribution in [0.3, 0.4) is 0 Å². The third-order valence-electron chi connectivity index (χ3n) is 2.60. The average molecular weight is 239 g/mol. The number of hydrogen-bond acceptors (Lipinski definition) is 2. The highest BCUT2D eigenvalue weighted by molar-refractivity contribution is 5.67. The first-order valence-corrected chi connectivity index (χ1v) is 5.41. The summed E-state index contributed by atoms with van der Waals surface area (Å²) in [5.74, 6) is 0.406. The minimum atomic E-state index is -4.45. The van der Waals surface area contributed by atoms with Crippen LogP contribution < -0.4 is 0 Å². The zero-order chi connectivity index (χ0) is 12.2. The molecule has 0 bridgehead atoms. The molecule has 1 amide bonds. The predicted octanol–water partition coefficient (Wildman–Crippen LogP) is 2.81. The number of nitrogens with zero attached hydrogens (tertiary/aromatic N) is 1. The van der Waals surface area contributed by atoms with E-state index in [9.17, 15) is 18.0 Å². The van der Waals surface area contributed by atoms with Gasteiger partial charge in [0, 0.05) is 13.1 Å². The maximum Gasteiger partial charge on any atom is 0.422 e. The fraction of sp³-hybridized carbons (Fsp3) is 0.900. The summed E-state index contributed by atoms with van der Waals surface area (Å²) in [5.41, 5.74) is 0. The van der Waals surface area contributed by atoms with Gasteiger partial charge in [-0.05, 0) is 18.8 Å². The predicted molar refractivity (Wildman–Crippen MR) is 52.0 cm³/mol. The molecule has 1 aliphatic rings. The molecule has 16 heavy (non-hydrogen) atoms. The van der Waals surface area contributed by atoms with E-state index in [2.05, 4.69) is 4.74 Å². The van der Waals surface area contributed by atoms with Gasteiger partial charge in [-0.15, -0.1) is 0 Å². The Kier molecular flexibility index (Phi) is 4.44. The van der Waals surface area contributed by atoms with Crippen molar-refractivity contribution in [3.63, 3.8) is 0 Å². The fourth-order valence-corrected chi connectivity index (χ4v) is 1.88. The van der Waals surface area contributed by atoms with Gasteiger partial charge in [0.15, 0.2) is 6.61 Å². The van der Waals surface area contributed by atoms with Gasteiger partial charge in [0.1, 0.15) is 0 Å². The molecule has 3 nitrogen and oxygen atoms in total. The molecular formula is C10H16F3NO2. The van der Waals surface area contributed by atoms with Gasteiger partial charge in [-0.2, -0.15) is 13.2 Å². The molecule has 0 spiro atoms. The van der Waals surface area contributed by atoms with Crippen molar-refractivity contribution in [3.05, 3.63) is 0 Å². The van der Waals surface area contributed by atoms with Gasteiger partial charge in [0.05, 0.1) is 0 Å². The number of likely N-dealkylation sites (tertiary alicyclic amines) is 1. The van der Waals surface area contributed by atoms with Crippen LogP contribution in [0, 0.1) is 5.92 Å². The summed E-state index contributed by atoms with van der Waals surface area (Å²) < 4.78 is 39.6. The number of halogens is 3. The second-order valence-corrected chi connectivity index (χ2v) is 4.06. The van der Waals surface area contributed by atoms with Crippen LogP contribution >= 0.6 is 0 Å². The largest absolute Gasteiger partial charge is 0.440 e. The topological polar surface area (TPSA) is 29.5 Å². The van der Waals surface area contributed by atoms with E-state index in [0.717, 1.165) is 19.3 Å². The molecule has 1 rings (SSSR count). The van der Waals surface area contributed by atoms with Gasteiger partial charge in [0.25, 0.3) is 0 Å². The number of carbonyl (C=O) groups excluding carboxylic acids is 1. The summed E-state index contributed by atoms with van der Waals surface area (Å²) in [6, 6.07) is 0. The van der Waals surface area contributed by atoms with Crippen molar-refractivity contribution < 1.29 is 22.7 Å². The lowest BCUT2D eigenvalue weighted by Crippen LogP contribution is -2.32. The van der Waals surface area contributed by atoms with Crippen LogP contribution in [0.1, 0.15) is 26.2 Å². The van der Waals surface area contributed by atoms with E-state index in [1.54, 1.807) is 0 Å². The quantitative estimate of drug-likeness (QED) is 0.757. The number of rotatable bonds is 3. The fourth-order valence-electron chi connectivity index (χ4n) is 1.88. The normalized spacial score (nSPS) is 21.2. The van der Waals surface area contributed by atoms with Crippen LogP contribution in [0.2, 0.25) is 0 Å². The summed E-state index contributed by atoms with van der Waals surface area (Å²) >= 11 is 0. The van der Waals surface area contributed by atoms with Crippen LogP contribution in [0.4, 0.5) is 18.0 Å². The molecule has 1 unspecified atom stereocenters. The van der Waals surface area contributed by atoms with E-state index in [1.807, 2.05) is 6.92 Å². The van der Waals surface area contributed by atoms with Gasteiger partial charge in [-0.25, -0.2) is 4.79 Å². The zero-order valence-electron chi connectivity index (χ0n) is 9.22. The van der Waals surface area contributed by atoms with E-state index >= 15 is 0 Å². The summed E-state index contributed by atoms with van der Waals surface area (Å²) in [6.45, 7) is 1.57. The molecule has 1 saturated heterocycles. The lowest BCUT2D eigenvalue weighted by Gasteiger charge is -2.16. The summed E-state index contributed by atoms with van der Waals surface area (Å²) in [5, 5.41) is 0. The smallest absolute Gasteiger partial charge is 0.422 e. The summed E-state index contributed by atoms with van der Waals surface area (Å²) in [6.07, 6.45) is -2.41. The highest BCUT2D eigenvalue weighted by Gasteiger charge is 2.32. The SMILES string of the molecule is CCCC1CCN(C(=O)OCC(F)(F)F)C1. The van der Waals surface area contributed by atoms with Crippen molar-refractivity contribution in [2.24, 2.45) is 5.92 Å². The first kappa shape index (κ1) is 13.1. The van der Waals surface area contributed by atoms with Crippen molar-refractivity contribution in [2.75, 3.05) is 19.7 Å². The molecule has 6 heteroatoms. The molecule has 1 fully saturated rings. The first-order valence-electron chi connectivity index (χ1n) is 5.41. The molecule has 0 aromatic rings. The Bertz CT molecular complexity index is 243. The van der Waals surface area contributed by atoms with E-state index in [4.69, 9.17) is 0 Å². The standard InChI is InChI=1S/C10H16F3NO2/c1-2-3-8-4-5-14(6-8)9(15)16-7-10(11,12)13/h8H,2-7H2,1H3. The van der Waals surface area contributed by atoms with Gasteiger partial charge < -0.3 is 9.64 Å². The lowest BCUT2D eigenvalue weighted by molar-refractivity contribution is -0.162. The maximum absolute atomic E-state index is 11.8. The molecule has 0 aromatic heterocycles. The molecular weight excluding hydrogens is 223 g/mol. The molecule has 1 heterocycles. The Hall–Kier alpha value is -0.940. The molecule has 0 aliphatic carbocycles. The van der Waals surface area contributed by atoms with Crippen LogP contribution in [-0.2, 0) is 4.74 Å². The van der Waals surface area contributed by atoms with Crippen molar-refractivity contribution in [2.45, 2.75) is 32.4 Å². The molecule has 1 atom stereocenters. The van der Waals surface area contributed by atoms with Crippen LogP contribution in [0.15, 0.2) is 0 Å². The third-order valence-corrected chi connectivity index (χ3v) is 2.60. The van der Waals surface area contributed by atoms with Crippen molar-refractivity contribution in [1.29, 1.82) is 0 Å². The van der Waals surface area contributed by atoms with Crippen molar-refractivity contribution in [1.82, 2.24) is 4.90 Å². The van der Waals surface area contributed by atoms with Crippen molar-refractivity contribution >= 4 is 6.09 Å². The minimum Gasteiger partial charge on any atom is -0.440 e. The Balaban J connectivity index is 2.28. The van der Waals surface area contributed by atoms with Crippen LogP contribution in [-0.4, -0.2) is 36.9 Å². The van der Waals surface area contributed by atoms with Crippen molar-refractivity contribution in [3.8, 4) is 0 Å². The summed E-state index contributed by atoms with van der Waals surface area (Å²) in [7, 11) is 0. The lowest BCUT2D eigenvalue weighted by atomic mass is 10.0.